The van der Waals surface area contributed by atoms with E-state index >= 15 is 0 Å². The van der Waals surface area contributed by atoms with E-state index in [2.05, 4.69) is 5.32 Å². The molecule has 8 heteroatoms. The van der Waals surface area contributed by atoms with E-state index in [4.69, 9.17) is 4.42 Å². The molecule has 1 aromatic heterocycles. The molecule has 2 N–H and O–H groups in total. The van der Waals surface area contributed by atoms with Crippen LogP contribution in [-0.2, 0) is 6.54 Å². The van der Waals surface area contributed by atoms with E-state index in [-0.39, 0.29) is 23.3 Å². The number of rotatable bonds is 7. The third kappa shape index (κ3) is 5.17. The van der Waals surface area contributed by atoms with Gasteiger partial charge in [0.1, 0.15) is 11.3 Å². The molecule has 0 aliphatic heterocycles. The smallest absolute Gasteiger partial charge is 0.420 e. The molecule has 1 amide bonds. The zero-order valence-corrected chi connectivity index (χ0v) is 22.5. The molecule has 0 unspecified atom stereocenters. The first-order valence-corrected chi connectivity index (χ1v) is 13.3. The van der Waals surface area contributed by atoms with Crippen molar-refractivity contribution < 1.29 is 23.5 Å². The SMILES string of the molecule is C[C@H](NC(=O)c1cc(-c2ccc(F)cc2)cc2oc(=O)n(Cc3ccc4ccccc4c3)c12)c1ccc(C(=O)O)cc1. The van der Waals surface area contributed by atoms with E-state index in [1.54, 1.807) is 43.3 Å². The molecular weight excluding hydrogens is 535 g/mol. The second-order valence-electron chi connectivity index (χ2n) is 10.1. The second-order valence-corrected chi connectivity index (χ2v) is 10.1. The van der Waals surface area contributed by atoms with Gasteiger partial charge in [-0.3, -0.25) is 9.36 Å². The summed E-state index contributed by atoms with van der Waals surface area (Å²) >= 11 is 0. The lowest BCUT2D eigenvalue weighted by atomic mass is 10.0. The van der Waals surface area contributed by atoms with E-state index < -0.39 is 29.5 Å². The van der Waals surface area contributed by atoms with E-state index in [9.17, 15) is 23.9 Å². The van der Waals surface area contributed by atoms with Crippen molar-refractivity contribution in [2.75, 3.05) is 0 Å². The molecule has 208 valence electrons. The fourth-order valence-electron chi connectivity index (χ4n) is 5.12. The summed E-state index contributed by atoms with van der Waals surface area (Å²) in [5.41, 5.74) is 3.72. The second kappa shape index (κ2) is 10.8. The maximum atomic E-state index is 13.8. The zero-order valence-electron chi connectivity index (χ0n) is 22.5. The van der Waals surface area contributed by atoms with Gasteiger partial charge in [0.15, 0.2) is 5.58 Å². The molecule has 42 heavy (non-hydrogen) atoms. The molecule has 1 heterocycles. The van der Waals surface area contributed by atoms with E-state index in [1.807, 2.05) is 42.5 Å². The molecule has 1 atom stereocenters. The minimum atomic E-state index is -1.04. The normalized spacial score (nSPS) is 12.0. The van der Waals surface area contributed by atoms with E-state index in [1.165, 1.54) is 28.8 Å². The Bertz CT molecular complexity index is 2020. The molecule has 0 aliphatic rings. The number of hydrogen-bond acceptors (Lipinski definition) is 4. The Balaban J connectivity index is 1.43. The number of benzene rings is 5. The maximum Gasteiger partial charge on any atom is 0.420 e. The summed E-state index contributed by atoms with van der Waals surface area (Å²) in [5, 5.41) is 14.3. The summed E-state index contributed by atoms with van der Waals surface area (Å²) < 4.78 is 20.7. The van der Waals surface area contributed by atoms with Crippen LogP contribution in [-0.4, -0.2) is 21.6 Å². The molecule has 6 rings (SSSR count). The number of oxazole rings is 1. The monoisotopic (exact) mass is 560 g/mol. The van der Waals surface area contributed by atoms with Crippen LogP contribution >= 0.6 is 0 Å². The van der Waals surface area contributed by atoms with Gasteiger partial charge >= 0.3 is 11.7 Å². The number of hydrogen-bond donors (Lipinski definition) is 2. The van der Waals surface area contributed by atoms with Gasteiger partial charge in [0.05, 0.1) is 23.7 Å². The van der Waals surface area contributed by atoms with Crippen molar-refractivity contribution in [3.63, 3.8) is 0 Å². The Morgan fingerprint density at radius 1 is 0.881 bits per heavy atom. The average molecular weight is 561 g/mol. The third-order valence-electron chi connectivity index (χ3n) is 7.34. The molecule has 0 fully saturated rings. The van der Waals surface area contributed by atoms with Crippen molar-refractivity contribution in [1.82, 2.24) is 9.88 Å². The first kappa shape index (κ1) is 26.7. The number of carbonyl (C=O) groups excluding carboxylic acids is 1. The Morgan fingerprint density at radius 3 is 2.31 bits per heavy atom. The highest BCUT2D eigenvalue weighted by Gasteiger charge is 2.22. The van der Waals surface area contributed by atoms with Gasteiger partial charge in [0.2, 0.25) is 0 Å². The van der Waals surface area contributed by atoms with Gasteiger partial charge in [-0.1, -0.05) is 60.7 Å². The van der Waals surface area contributed by atoms with Crippen LogP contribution < -0.4 is 11.1 Å². The molecule has 0 saturated carbocycles. The predicted octanol–water partition coefficient (Wildman–Crippen LogP) is 6.79. The lowest BCUT2D eigenvalue weighted by molar-refractivity contribution is 0.0696. The van der Waals surface area contributed by atoms with Crippen molar-refractivity contribution >= 4 is 33.7 Å². The Morgan fingerprint density at radius 2 is 1.60 bits per heavy atom. The molecule has 0 aliphatic carbocycles. The molecule has 0 spiro atoms. The van der Waals surface area contributed by atoms with Crippen LogP contribution in [0.5, 0.6) is 0 Å². The van der Waals surface area contributed by atoms with Crippen LogP contribution in [0, 0.1) is 5.82 Å². The number of halogens is 1. The number of nitrogens with zero attached hydrogens (tertiary/aromatic N) is 1. The highest BCUT2D eigenvalue weighted by Crippen LogP contribution is 2.29. The molecule has 5 aromatic carbocycles. The summed E-state index contributed by atoms with van der Waals surface area (Å²) in [6.45, 7) is 1.96. The number of carboxylic acid groups (broad SMARTS) is 1. The summed E-state index contributed by atoms with van der Waals surface area (Å²) in [5.74, 6) is -2.50. The maximum absolute atomic E-state index is 13.8. The first-order valence-electron chi connectivity index (χ1n) is 13.3. The number of carboxylic acids is 1. The topological polar surface area (TPSA) is 102 Å². The summed E-state index contributed by atoms with van der Waals surface area (Å²) in [6.07, 6.45) is 0. The van der Waals surface area contributed by atoms with Crippen LogP contribution in [0.3, 0.4) is 0 Å². The summed E-state index contributed by atoms with van der Waals surface area (Å²) in [6, 6.07) is 28.8. The first-order chi connectivity index (χ1) is 20.3. The van der Waals surface area contributed by atoms with Gasteiger partial charge in [0.25, 0.3) is 5.91 Å². The number of nitrogens with one attached hydrogen (secondary N) is 1. The highest BCUT2D eigenvalue weighted by molar-refractivity contribution is 6.06. The molecule has 6 aromatic rings. The highest BCUT2D eigenvalue weighted by atomic mass is 19.1. The van der Waals surface area contributed by atoms with Gasteiger partial charge in [0, 0.05) is 0 Å². The van der Waals surface area contributed by atoms with Crippen molar-refractivity contribution in [2.45, 2.75) is 19.5 Å². The van der Waals surface area contributed by atoms with Crippen molar-refractivity contribution in [1.29, 1.82) is 0 Å². The molecule has 0 radical (unpaired) electrons. The number of amides is 1. The molecule has 0 saturated heterocycles. The number of aromatic carboxylic acids is 1. The Hall–Kier alpha value is -5.50. The number of carbonyl (C=O) groups is 2. The molecule has 0 bridgehead atoms. The zero-order chi connectivity index (χ0) is 29.4. The quantitative estimate of drug-likeness (QED) is 0.224. The summed E-state index contributed by atoms with van der Waals surface area (Å²) in [4.78, 5) is 38.2. The fraction of sp³-hybridized carbons (Fsp3) is 0.0882. The van der Waals surface area contributed by atoms with Crippen LogP contribution in [0.4, 0.5) is 4.39 Å². The lowest BCUT2D eigenvalue weighted by Crippen LogP contribution is -2.28. The average Bonchev–Trinajstić information content (AvgIpc) is 3.31. The molecular formula is C34H25FN2O5. The standard InChI is InChI=1S/C34H25FN2O5/c1-20(22-8-10-25(11-9-22)33(39)40)36-32(38)29-17-27(24-12-14-28(35)15-13-24)18-30-31(29)37(34(41)42-30)19-21-6-7-23-4-2-3-5-26(23)16-21/h2-18,20H,19H2,1H3,(H,36,38)(H,39,40)/t20-/m0/s1. The van der Waals surface area contributed by atoms with Crippen LogP contribution in [0.15, 0.2) is 112 Å². The predicted molar refractivity (Wildman–Crippen MR) is 158 cm³/mol. The lowest BCUT2D eigenvalue weighted by Gasteiger charge is -2.16. The van der Waals surface area contributed by atoms with Gasteiger partial charge < -0.3 is 14.8 Å². The van der Waals surface area contributed by atoms with Crippen molar-refractivity contribution in [3.05, 3.63) is 142 Å². The van der Waals surface area contributed by atoms with Gasteiger partial charge in [-0.05, 0) is 82.4 Å². The van der Waals surface area contributed by atoms with Gasteiger partial charge in [-0.25, -0.2) is 14.0 Å². The Kier molecular flexibility index (Phi) is 6.88. The third-order valence-corrected chi connectivity index (χ3v) is 7.34. The fourth-order valence-corrected chi connectivity index (χ4v) is 5.12. The number of aromatic nitrogens is 1. The van der Waals surface area contributed by atoms with Crippen molar-refractivity contribution in [2.24, 2.45) is 0 Å². The van der Waals surface area contributed by atoms with Crippen LogP contribution in [0.1, 0.15) is 44.8 Å². The minimum absolute atomic E-state index is 0.141. The molecule has 7 nitrogen and oxygen atoms in total. The Labute approximate surface area is 239 Å². The van der Waals surface area contributed by atoms with Crippen LogP contribution in [0.2, 0.25) is 0 Å². The largest absolute Gasteiger partial charge is 0.478 e. The van der Waals surface area contributed by atoms with Crippen LogP contribution in [0.25, 0.3) is 33.0 Å². The van der Waals surface area contributed by atoms with Gasteiger partial charge in [-0.15, -0.1) is 0 Å². The minimum Gasteiger partial charge on any atom is -0.478 e. The number of fused-ring (bicyclic) bond motifs is 2. The van der Waals surface area contributed by atoms with E-state index in [0.717, 1.165) is 16.3 Å². The van der Waals surface area contributed by atoms with Gasteiger partial charge in [-0.2, -0.15) is 0 Å². The van der Waals surface area contributed by atoms with Crippen molar-refractivity contribution in [3.8, 4) is 11.1 Å². The van der Waals surface area contributed by atoms with E-state index in [0.29, 0.717) is 22.2 Å². The summed E-state index contributed by atoms with van der Waals surface area (Å²) in [7, 11) is 0.